The molecule has 5 atom stereocenters. The molecule has 0 fully saturated rings. The Hall–Kier alpha value is -4.46. The van der Waals surface area contributed by atoms with Gasteiger partial charge in [0.25, 0.3) is 0 Å². The molecule has 44 heavy (non-hydrogen) atoms. The topological polar surface area (TPSA) is 239 Å². The zero-order valence-electron chi connectivity index (χ0n) is 25.8. The van der Waals surface area contributed by atoms with Gasteiger partial charge in [-0.1, -0.05) is 45.9 Å². The number of hydrogen-bond acceptors (Lipinski definition) is 7. The number of aliphatic carboxylic acids is 1. The third-order valence-electron chi connectivity index (χ3n) is 6.90. The van der Waals surface area contributed by atoms with Crippen molar-refractivity contribution < 1.29 is 33.9 Å². The quantitative estimate of drug-likeness (QED) is 0.121. The first-order valence-electron chi connectivity index (χ1n) is 14.6. The standard InChI is InChI=1S/C30H45N7O7/c1-15(2)10-22(27(40)34-17(5)30(43)44)36-28(41)23(11-16(3)4)37-29(42)24(35-26(39)20(31)13-25(32)38)12-18-14-33-21-9-7-6-8-19(18)21/h6-9,14-17,20,22-24,33H,10-13,31H2,1-5H3,(H2,32,38)(H,34,40)(H,35,39)(H,36,41)(H,37,42)(H,43,44)/t17-,20-,22-,23-,24-/m0/s1. The Labute approximate surface area is 256 Å². The summed E-state index contributed by atoms with van der Waals surface area (Å²) in [5, 5.41) is 20.4. The van der Waals surface area contributed by atoms with Crippen LogP contribution in [0.3, 0.4) is 0 Å². The summed E-state index contributed by atoms with van der Waals surface area (Å²) in [4.78, 5) is 78.7. The highest BCUT2D eigenvalue weighted by molar-refractivity contribution is 5.96. The van der Waals surface area contributed by atoms with Gasteiger partial charge in [0.1, 0.15) is 24.2 Å². The lowest BCUT2D eigenvalue weighted by Crippen LogP contribution is -2.59. The molecule has 0 radical (unpaired) electrons. The summed E-state index contributed by atoms with van der Waals surface area (Å²) >= 11 is 0. The first-order valence-corrected chi connectivity index (χ1v) is 14.6. The number of rotatable bonds is 17. The predicted octanol–water partition coefficient (Wildman–Crippen LogP) is 0.0490. The Morgan fingerprint density at radius 3 is 1.80 bits per heavy atom. The highest BCUT2D eigenvalue weighted by atomic mass is 16.4. The highest BCUT2D eigenvalue weighted by Crippen LogP contribution is 2.19. The van der Waals surface area contributed by atoms with E-state index in [0.29, 0.717) is 0 Å². The summed E-state index contributed by atoms with van der Waals surface area (Å²) in [6.07, 6.45) is 1.75. The van der Waals surface area contributed by atoms with Crippen molar-refractivity contribution in [3.05, 3.63) is 36.0 Å². The van der Waals surface area contributed by atoms with Gasteiger partial charge >= 0.3 is 5.97 Å². The van der Waals surface area contributed by atoms with Crippen LogP contribution in [0, 0.1) is 11.8 Å². The number of benzene rings is 1. The van der Waals surface area contributed by atoms with Crippen LogP contribution in [0.4, 0.5) is 0 Å². The van der Waals surface area contributed by atoms with Crippen LogP contribution >= 0.6 is 0 Å². The van der Waals surface area contributed by atoms with Gasteiger partial charge in [0, 0.05) is 23.5 Å². The molecule has 0 aliphatic carbocycles. The number of carboxylic acid groups (broad SMARTS) is 1. The zero-order valence-corrected chi connectivity index (χ0v) is 25.8. The van der Waals surface area contributed by atoms with Gasteiger partial charge in [0.15, 0.2) is 0 Å². The van der Waals surface area contributed by atoms with E-state index in [4.69, 9.17) is 11.5 Å². The van der Waals surface area contributed by atoms with Crippen LogP contribution in [0.1, 0.15) is 59.4 Å². The normalized spacial score (nSPS) is 14.7. The van der Waals surface area contributed by atoms with E-state index in [9.17, 15) is 33.9 Å². The van der Waals surface area contributed by atoms with Gasteiger partial charge in [-0.05, 0) is 43.2 Å². The molecule has 14 nitrogen and oxygen atoms in total. The first kappa shape index (κ1) is 35.7. The minimum atomic E-state index is -1.29. The first-order chi connectivity index (χ1) is 20.6. The van der Waals surface area contributed by atoms with Crippen molar-refractivity contribution in [3.63, 3.8) is 0 Å². The van der Waals surface area contributed by atoms with E-state index in [1.807, 2.05) is 52.0 Å². The maximum Gasteiger partial charge on any atom is 0.325 e. The molecular formula is C30H45N7O7. The Morgan fingerprint density at radius 2 is 1.27 bits per heavy atom. The summed E-state index contributed by atoms with van der Waals surface area (Å²) in [5.41, 5.74) is 12.6. The fraction of sp³-hybridized carbons (Fsp3) is 0.533. The molecule has 0 spiro atoms. The Morgan fingerprint density at radius 1 is 0.773 bits per heavy atom. The number of primary amides is 1. The number of fused-ring (bicyclic) bond motifs is 1. The second kappa shape index (κ2) is 16.4. The molecule has 0 aliphatic rings. The molecule has 0 aliphatic heterocycles. The van der Waals surface area contributed by atoms with Crippen LogP contribution < -0.4 is 32.7 Å². The summed E-state index contributed by atoms with van der Waals surface area (Å²) in [6, 6.07) is 1.61. The molecule has 0 saturated carbocycles. The van der Waals surface area contributed by atoms with Crippen LogP contribution in [0.15, 0.2) is 30.5 Å². The van der Waals surface area contributed by atoms with Crippen LogP contribution in [0.2, 0.25) is 0 Å². The zero-order chi connectivity index (χ0) is 33.1. The number of carboxylic acids is 1. The van der Waals surface area contributed by atoms with Gasteiger partial charge < -0.3 is 42.8 Å². The second-order valence-electron chi connectivity index (χ2n) is 11.9. The van der Waals surface area contributed by atoms with Crippen LogP contribution in [-0.4, -0.2) is 75.8 Å². The van der Waals surface area contributed by atoms with Crippen molar-refractivity contribution in [1.82, 2.24) is 26.3 Å². The molecule has 2 rings (SSSR count). The number of hydrogen-bond donors (Lipinski definition) is 8. The minimum Gasteiger partial charge on any atom is -0.480 e. The number of H-pyrrole nitrogens is 1. The van der Waals surface area contributed by atoms with E-state index in [-0.39, 0.29) is 31.1 Å². The average molecular weight is 616 g/mol. The van der Waals surface area contributed by atoms with Gasteiger partial charge in [-0.2, -0.15) is 0 Å². The third-order valence-corrected chi connectivity index (χ3v) is 6.90. The number of carbonyl (C=O) groups excluding carboxylic acids is 5. The van der Waals surface area contributed by atoms with Crippen molar-refractivity contribution in [2.75, 3.05) is 0 Å². The summed E-state index contributed by atoms with van der Waals surface area (Å²) in [5.74, 6) is -4.84. The number of nitrogens with two attached hydrogens (primary N) is 2. The molecule has 5 amide bonds. The van der Waals surface area contributed by atoms with Crippen molar-refractivity contribution >= 4 is 46.4 Å². The number of aromatic amines is 1. The molecule has 0 unspecified atom stereocenters. The molecular weight excluding hydrogens is 570 g/mol. The number of aromatic nitrogens is 1. The van der Waals surface area contributed by atoms with Gasteiger partial charge in [-0.25, -0.2) is 0 Å². The minimum absolute atomic E-state index is 0.0234. The van der Waals surface area contributed by atoms with Gasteiger partial charge in [-0.3, -0.25) is 28.8 Å². The lowest BCUT2D eigenvalue weighted by atomic mass is 9.99. The fourth-order valence-corrected chi connectivity index (χ4v) is 4.64. The molecule has 1 heterocycles. The predicted molar refractivity (Wildman–Crippen MR) is 164 cm³/mol. The highest BCUT2D eigenvalue weighted by Gasteiger charge is 2.32. The Balaban J connectivity index is 2.33. The Bertz CT molecular complexity index is 1340. The summed E-state index contributed by atoms with van der Waals surface area (Å²) in [7, 11) is 0. The number of para-hydroxylation sites is 1. The maximum absolute atomic E-state index is 13.7. The third kappa shape index (κ3) is 11.0. The lowest BCUT2D eigenvalue weighted by Gasteiger charge is -2.27. The summed E-state index contributed by atoms with van der Waals surface area (Å²) in [6.45, 7) is 8.72. The molecule has 1 aromatic heterocycles. The van der Waals surface area contributed by atoms with E-state index in [1.54, 1.807) is 6.20 Å². The molecule has 1 aromatic carbocycles. The lowest BCUT2D eigenvalue weighted by molar-refractivity contribution is -0.142. The smallest absolute Gasteiger partial charge is 0.325 e. The van der Waals surface area contributed by atoms with Crippen LogP contribution in [0.25, 0.3) is 10.9 Å². The molecule has 14 heteroatoms. The molecule has 0 bridgehead atoms. The number of carbonyl (C=O) groups is 6. The molecule has 242 valence electrons. The summed E-state index contributed by atoms with van der Waals surface area (Å²) < 4.78 is 0. The van der Waals surface area contributed by atoms with Gasteiger partial charge in [0.2, 0.25) is 29.5 Å². The van der Waals surface area contributed by atoms with E-state index in [0.717, 1.165) is 16.5 Å². The van der Waals surface area contributed by atoms with Gasteiger partial charge in [0.05, 0.1) is 12.5 Å². The van der Waals surface area contributed by atoms with Crippen molar-refractivity contribution in [2.24, 2.45) is 23.3 Å². The van der Waals surface area contributed by atoms with E-state index >= 15 is 0 Å². The van der Waals surface area contributed by atoms with Crippen molar-refractivity contribution in [2.45, 2.75) is 90.5 Å². The largest absolute Gasteiger partial charge is 0.480 e. The van der Waals surface area contributed by atoms with Crippen LogP contribution in [-0.2, 0) is 35.2 Å². The van der Waals surface area contributed by atoms with Crippen LogP contribution in [0.5, 0.6) is 0 Å². The van der Waals surface area contributed by atoms with E-state index in [1.165, 1.54) is 6.92 Å². The molecule has 0 saturated heterocycles. The Kier molecular flexibility index (Phi) is 13.3. The van der Waals surface area contributed by atoms with E-state index in [2.05, 4.69) is 26.3 Å². The van der Waals surface area contributed by atoms with E-state index < -0.39 is 72.1 Å². The maximum atomic E-state index is 13.7. The fourth-order valence-electron chi connectivity index (χ4n) is 4.64. The monoisotopic (exact) mass is 615 g/mol. The van der Waals surface area contributed by atoms with Crippen molar-refractivity contribution in [3.8, 4) is 0 Å². The SMILES string of the molecule is CC(C)C[C@H](NC(=O)[C@H](CC(C)C)NC(=O)[C@H](Cc1c[nH]c2ccccc12)NC(=O)[C@@H](N)CC(N)=O)C(=O)N[C@@H](C)C(=O)O. The number of nitrogens with one attached hydrogen (secondary N) is 5. The molecule has 2 aromatic rings. The average Bonchev–Trinajstić information content (AvgIpc) is 3.33. The second-order valence-corrected chi connectivity index (χ2v) is 11.9. The van der Waals surface area contributed by atoms with Crippen molar-refractivity contribution in [1.29, 1.82) is 0 Å². The molecule has 10 N–H and O–H groups in total. The number of amides is 5. The van der Waals surface area contributed by atoms with Gasteiger partial charge in [-0.15, -0.1) is 0 Å².